The first-order valence-electron chi connectivity index (χ1n) is 31.4. The number of fused-ring (bicyclic) bond motifs is 4. The quantitative estimate of drug-likeness (QED) is 0.128. The number of benzene rings is 7. The van der Waals surface area contributed by atoms with E-state index in [0.717, 1.165) is 117 Å². The van der Waals surface area contributed by atoms with E-state index in [0.29, 0.717) is 0 Å². The molecule has 8 nitrogen and oxygen atoms in total. The predicted octanol–water partition coefficient (Wildman–Crippen LogP) is 19.7. The number of carbonyl (C=O) groups excluding carboxylic acids is 1. The van der Waals surface area contributed by atoms with E-state index in [9.17, 15) is 4.79 Å². The largest absolute Gasteiger partial charge is 0.449 e. The van der Waals surface area contributed by atoms with Gasteiger partial charge in [0.1, 0.15) is 0 Å². The summed E-state index contributed by atoms with van der Waals surface area (Å²) in [4.78, 5) is 15.0. The highest BCUT2D eigenvalue weighted by Crippen LogP contribution is 2.47. The van der Waals surface area contributed by atoms with E-state index < -0.39 is 17.4 Å². The molecule has 0 spiro atoms. The number of hydrogen-bond acceptors (Lipinski definition) is 7. The predicted molar refractivity (Wildman–Crippen MR) is 354 cm³/mol. The molecule has 0 radical (unpaired) electrons. The number of para-hydroxylation sites is 3. The van der Waals surface area contributed by atoms with E-state index in [-0.39, 0.29) is 27.6 Å². The lowest BCUT2D eigenvalue weighted by atomic mass is 9.87. The van der Waals surface area contributed by atoms with Crippen LogP contribution in [0.25, 0.3) is 0 Å². The summed E-state index contributed by atoms with van der Waals surface area (Å²) < 4.78 is 36.4. The standard InChI is InChI=1S/C22H27NO.2C21H26O2.C14H20O2/c1-16-10-11-20-18(13-16)9-6-12-23(20)21(24)19-8-5-7-17(14-19)15-22(2,3)4;2*1-20(2,3)15-17-11-8-12-18-19(17)23-21(4,22-18)14-13-16-9-6-5-7-10-16;1-13(2,3)9-10-7-6-8-11-12(10)16-14(4,5)15-11/h5,7-8,10-11,13-14H,6,9,12,15H2,1-4H3;2*5-12H,13-15H2,1-4H3;6-8H,9H2,1-5H3. The van der Waals surface area contributed by atoms with Crippen molar-refractivity contribution in [2.45, 2.75) is 199 Å². The van der Waals surface area contributed by atoms with Crippen LogP contribution in [0.1, 0.15) is 185 Å². The first-order chi connectivity index (χ1) is 40.3. The molecule has 0 N–H and O–H groups in total. The summed E-state index contributed by atoms with van der Waals surface area (Å²) in [7, 11) is 0. The molecule has 2 unspecified atom stereocenters. The van der Waals surface area contributed by atoms with Gasteiger partial charge in [-0.2, -0.15) is 0 Å². The zero-order valence-electron chi connectivity index (χ0n) is 55.1. The van der Waals surface area contributed by atoms with Crippen molar-refractivity contribution in [3.8, 4) is 34.5 Å². The molecule has 0 aromatic heterocycles. The number of amides is 1. The summed E-state index contributed by atoms with van der Waals surface area (Å²) in [5, 5.41) is 0. The maximum atomic E-state index is 13.1. The molecule has 2 atom stereocenters. The highest BCUT2D eigenvalue weighted by molar-refractivity contribution is 6.06. The minimum Gasteiger partial charge on any atom is -0.449 e. The molecule has 11 rings (SSSR count). The average Bonchev–Trinajstić information content (AvgIpc) is 1.70. The summed E-state index contributed by atoms with van der Waals surface area (Å²) >= 11 is 0. The van der Waals surface area contributed by atoms with Crippen molar-refractivity contribution in [3.05, 3.63) is 208 Å². The van der Waals surface area contributed by atoms with Crippen molar-refractivity contribution in [2.24, 2.45) is 21.7 Å². The van der Waals surface area contributed by atoms with Crippen LogP contribution in [0.15, 0.2) is 158 Å². The SMILES string of the molecule is CC(C)(C)Cc1cccc2c1OC(C)(C)O2.CC(C)(C)Cc1cccc2c1OC(C)(CCc1ccccc1)O2.CC(C)(C)Cc1cccc2c1OC(C)(CCc1ccccc1)O2.Cc1ccc2c(c1)CCCN2C(=O)c1cccc(CC(C)(C)C)c1. The van der Waals surface area contributed by atoms with Crippen LogP contribution in [0.4, 0.5) is 5.69 Å². The van der Waals surface area contributed by atoms with Crippen molar-refractivity contribution in [3.63, 3.8) is 0 Å². The summed E-state index contributed by atoms with van der Waals surface area (Å²) in [6.07, 6.45) is 9.58. The smallest absolute Gasteiger partial charge is 0.258 e. The zero-order chi connectivity index (χ0) is 62.3. The van der Waals surface area contributed by atoms with Gasteiger partial charge >= 0.3 is 0 Å². The van der Waals surface area contributed by atoms with E-state index >= 15 is 0 Å². The second kappa shape index (κ2) is 26.4. The lowest BCUT2D eigenvalue weighted by Crippen LogP contribution is -2.35. The lowest BCUT2D eigenvalue weighted by Gasteiger charge is -2.30. The van der Waals surface area contributed by atoms with Gasteiger partial charge < -0.3 is 33.3 Å². The molecule has 8 heteroatoms. The molecule has 0 aliphatic carbocycles. The van der Waals surface area contributed by atoms with Crippen LogP contribution in [-0.4, -0.2) is 29.8 Å². The molecule has 0 fully saturated rings. The van der Waals surface area contributed by atoms with Crippen LogP contribution in [0.3, 0.4) is 0 Å². The lowest BCUT2D eigenvalue weighted by molar-refractivity contribution is -0.0685. The van der Waals surface area contributed by atoms with Gasteiger partial charge in [0, 0.05) is 58.3 Å². The van der Waals surface area contributed by atoms with E-state index in [4.69, 9.17) is 28.4 Å². The number of rotatable bonds is 11. The number of hydrogen-bond donors (Lipinski definition) is 0. The number of nitrogens with zero attached hydrogens (tertiary/aromatic N) is 1. The van der Waals surface area contributed by atoms with E-state index in [2.05, 4.69) is 199 Å². The monoisotopic (exact) mass is 1160 g/mol. The van der Waals surface area contributed by atoms with Crippen molar-refractivity contribution < 1.29 is 33.2 Å². The van der Waals surface area contributed by atoms with Crippen molar-refractivity contribution in [1.29, 1.82) is 0 Å². The van der Waals surface area contributed by atoms with Crippen LogP contribution >= 0.6 is 0 Å². The van der Waals surface area contributed by atoms with Crippen molar-refractivity contribution in [1.82, 2.24) is 0 Å². The third-order valence-corrected chi connectivity index (χ3v) is 15.3. The Balaban J connectivity index is 0.000000150. The van der Waals surface area contributed by atoms with Gasteiger partial charge in [0.2, 0.25) is 17.4 Å². The van der Waals surface area contributed by atoms with Gasteiger partial charge in [-0.15, -0.1) is 0 Å². The maximum absolute atomic E-state index is 13.1. The van der Waals surface area contributed by atoms with Crippen LogP contribution in [-0.2, 0) is 44.9 Å². The Labute approximate surface area is 517 Å². The number of anilines is 1. The fourth-order valence-electron chi connectivity index (χ4n) is 11.6. The molecule has 7 aromatic rings. The molecule has 4 aliphatic rings. The Bertz CT molecular complexity index is 3270. The van der Waals surface area contributed by atoms with Gasteiger partial charge in [-0.25, -0.2) is 0 Å². The van der Waals surface area contributed by atoms with Gasteiger partial charge in [0.05, 0.1) is 0 Å². The molecular weight excluding hydrogens is 1060 g/mol. The fourth-order valence-corrected chi connectivity index (χ4v) is 11.6. The van der Waals surface area contributed by atoms with E-state index in [1.807, 2.05) is 81.1 Å². The second-order valence-corrected chi connectivity index (χ2v) is 29.8. The normalized spacial score (nSPS) is 17.9. The summed E-state index contributed by atoms with van der Waals surface area (Å²) in [5.41, 5.74) is 12.9. The molecule has 0 saturated carbocycles. The van der Waals surface area contributed by atoms with Crippen LogP contribution in [0.5, 0.6) is 34.5 Å². The van der Waals surface area contributed by atoms with Gasteiger partial charge in [0.25, 0.3) is 5.91 Å². The summed E-state index contributed by atoms with van der Waals surface area (Å²) in [5.74, 6) is 3.83. The van der Waals surface area contributed by atoms with Gasteiger partial charge in [0.15, 0.2) is 34.5 Å². The Morgan fingerprint density at radius 1 is 0.442 bits per heavy atom. The Kier molecular flexibility index (Phi) is 19.9. The van der Waals surface area contributed by atoms with Crippen LogP contribution in [0.2, 0.25) is 0 Å². The maximum Gasteiger partial charge on any atom is 0.258 e. The topological polar surface area (TPSA) is 75.7 Å². The molecule has 7 aromatic carbocycles. The molecular formula is C78H99NO7. The minimum atomic E-state index is -0.577. The average molecular weight is 1160 g/mol. The Hall–Kier alpha value is -7.19. The van der Waals surface area contributed by atoms with Gasteiger partial charge in [-0.05, 0) is 155 Å². The fraction of sp³-hybridized carbons (Fsp3) is 0.449. The third kappa shape index (κ3) is 18.7. The molecule has 86 heavy (non-hydrogen) atoms. The molecule has 4 aliphatic heterocycles. The second-order valence-electron chi connectivity index (χ2n) is 29.8. The molecule has 0 bridgehead atoms. The molecule has 4 heterocycles. The number of carbonyl (C=O) groups is 1. The van der Waals surface area contributed by atoms with Gasteiger partial charge in [-0.3, -0.25) is 4.79 Å². The zero-order valence-corrected chi connectivity index (χ0v) is 55.1. The van der Waals surface area contributed by atoms with E-state index in [1.165, 1.54) is 44.5 Å². The first kappa shape index (κ1) is 64.8. The van der Waals surface area contributed by atoms with Gasteiger partial charge in [-0.1, -0.05) is 210 Å². The van der Waals surface area contributed by atoms with Crippen LogP contribution < -0.4 is 33.3 Å². The van der Waals surface area contributed by atoms with Crippen molar-refractivity contribution >= 4 is 11.6 Å². The summed E-state index contributed by atoms with van der Waals surface area (Å²) in [6.45, 7) is 37.7. The molecule has 1 amide bonds. The third-order valence-electron chi connectivity index (χ3n) is 15.3. The van der Waals surface area contributed by atoms with E-state index in [1.54, 1.807) is 0 Å². The first-order valence-corrected chi connectivity index (χ1v) is 31.4. The van der Waals surface area contributed by atoms with Crippen molar-refractivity contribution in [2.75, 3.05) is 11.4 Å². The van der Waals surface area contributed by atoms with Crippen LogP contribution in [0, 0.1) is 28.6 Å². The molecule has 0 saturated heterocycles. The summed E-state index contributed by atoms with van der Waals surface area (Å²) in [6, 6.07) is 54.1. The Morgan fingerprint density at radius 3 is 1.31 bits per heavy atom. The minimum absolute atomic E-state index is 0.121. The number of ether oxygens (including phenoxy) is 6. The molecule has 458 valence electrons. The highest BCUT2D eigenvalue weighted by atomic mass is 16.7. The highest BCUT2D eigenvalue weighted by Gasteiger charge is 2.40. The Morgan fingerprint density at radius 2 is 0.860 bits per heavy atom. The number of aryl methyl sites for hydroxylation is 4.